The van der Waals surface area contributed by atoms with Crippen LogP contribution in [0.4, 0.5) is 11.6 Å². The van der Waals surface area contributed by atoms with Crippen molar-refractivity contribution in [1.29, 1.82) is 0 Å². The molecule has 3 heterocycles. The van der Waals surface area contributed by atoms with Crippen LogP contribution in [0.2, 0.25) is 0 Å². The average molecular weight is 364 g/mol. The number of rotatable bonds is 4. The van der Waals surface area contributed by atoms with Gasteiger partial charge in [0.05, 0.1) is 14.2 Å². The van der Waals surface area contributed by atoms with Crippen molar-refractivity contribution in [3.05, 3.63) is 48.2 Å². The maximum atomic E-state index is 5.56. The molecule has 0 amide bonds. The quantitative estimate of drug-likeness (QED) is 0.708. The van der Waals surface area contributed by atoms with Crippen molar-refractivity contribution in [2.45, 2.75) is 6.92 Å². The molecule has 0 unspecified atom stereocenters. The highest BCUT2D eigenvalue weighted by Crippen LogP contribution is 2.34. The Hall–Kier alpha value is -3.02. The number of fused-ring (bicyclic) bond motifs is 1. The van der Waals surface area contributed by atoms with E-state index in [0.29, 0.717) is 0 Å². The maximum Gasteiger partial charge on any atom is 0.148 e. The molecule has 0 aliphatic carbocycles. The van der Waals surface area contributed by atoms with Crippen LogP contribution in [-0.2, 0) is 0 Å². The molecule has 1 aliphatic rings. The van der Waals surface area contributed by atoms with Gasteiger partial charge in [-0.1, -0.05) is 6.07 Å². The molecule has 6 heteroatoms. The van der Waals surface area contributed by atoms with Gasteiger partial charge in [0.15, 0.2) is 0 Å². The number of nitrogens with zero attached hydrogens (tertiary/aromatic N) is 4. The van der Waals surface area contributed by atoms with Crippen molar-refractivity contribution in [3.8, 4) is 11.5 Å². The lowest BCUT2D eigenvalue weighted by Crippen LogP contribution is -2.47. The number of anilines is 2. The maximum absolute atomic E-state index is 5.56. The number of methoxy groups -OCH3 is 2. The van der Waals surface area contributed by atoms with E-state index in [1.807, 2.05) is 30.5 Å². The predicted octanol–water partition coefficient (Wildman–Crippen LogP) is 3.28. The summed E-state index contributed by atoms with van der Waals surface area (Å²) in [7, 11) is 3.34. The van der Waals surface area contributed by atoms with Gasteiger partial charge in [0, 0.05) is 43.8 Å². The third kappa shape index (κ3) is 3.35. The molecule has 0 spiro atoms. The third-order valence-electron chi connectivity index (χ3n) is 5.08. The Morgan fingerprint density at radius 3 is 2.26 bits per heavy atom. The van der Waals surface area contributed by atoms with Crippen LogP contribution in [-0.4, -0.2) is 50.4 Å². The van der Waals surface area contributed by atoms with Crippen LogP contribution in [0.25, 0.3) is 10.9 Å². The number of aromatic nitrogens is 2. The molecule has 0 N–H and O–H groups in total. The second kappa shape index (κ2) is 7.31. The Bertz CT molecular complexity index is 938. The fourth-order valence-electron chi connectivity index (χ4n) is 3.56. The van der Waals surface area contributed by atoms with Crippen molar-refractivity contribution in [2.24, 2.45) is 0 Å². The molecule has 6 nitrogen and oxygen atoms in total. The summed E-state index contributed by atoms with van der Waals surface area (Å²) in [6, 6.07) is 12.1. The van der Waals surface area contributed by atoms with Crippen LogP contribution in [0, 0.1) is 6.92 Å². The molecule has 0 saturated carbocycles. The molecule has 1 aromatic carbocycles. The zero-order valence-corrected chi connectivity index (χ0v) is 16.0. The molecule has 1 aliphatic heterocycles. The summed E-state index contributed by atoms with van der Waals surface area (Å²) < 4.78 is 11.0. The Kier molecular flexibility index (Phi) is 4.71. The molecule has 140 valence electrons. The second-order valence-corrected chi connectivity index (χ2v) is 6.69. The molecular formula is C21H24N4O2. The van der Waals surface area contributed by atoms with E-state index in [1.54, 1.807) is 14.2 Å². The zero-order chi connectivity index (χ0) is 18.8. The molecule has 1 saturated heterocycles. The minimum atomic E-state index is 0.737. The van der Waals surface area contributed by atoms with Crippen molar-refractivity contribution in [2.75, 3.05) is 50.2 Å². The summed E-state index contributed by atoms with van der Waals surface area (Å²) in [5.74, 6) is 3.54. The third-order valence-corrected chi connectivity index (χ3v) is 5.08. The van der Waals surface area contributed by atoms with Crippen LogP contribution in [0.3, 0.4) is 0 Å². The minimum absolute atomic E-state index is 0.737. The van der Waals surface area contributed by atoms with Crippen molar-refractivity contribution in [1.82, 2.24) is 9.97 Å². The Morgan fingerprint density at radius 2 is 1.63 bits per heavy atom. The molecule has 0 bridgehead atoms. The topological polar surface area (TPSA) is 50.7 Å². The SMILES string of the molecule is COc1cc(OC)c2nc(N3CCN(c4ccccn4)CC3)cc(C)c2c1. The van der Waals surface area contributed by atoms with Gasteiger partial charge in [-0.15, -0.1) is 0 Å². The number of hydrogen-bond acceptors (Lipinski definition) is 6. The van der Waals surface area contributed by atoms with E-state index in [-0.39, 0.29) is 0 Å². The van der Waals surface area contributed by atoms with Gasteiger partial charge in [-0.25, -0.2) is 9.97 Å². The first-order valence-corrected chi connectivity index (χ1v) is 9.14. The summed E-state index contributed by atoms with van der Waals surface area (Å²) in [4.78, 5) is 14.0. The number of aryl methyl sites for hydroxylation is 1. The summed E-state index contributed by atoms with van der Waals surface area (Å²) in [6.45, 7) is 5.78. The molecule has 2 aromatic heterocycles. The minimum Gasteiger partial charge on any atom is -0.497 e. The lowest BCUT2D eigenvalue weighted by atomic mass is 10.1. The average Bonchev–Trinajstić information content (AvgIpc) is 2.73. The van der Waals surface area contributed by atoms with E-state index in [9.17, 15) is 0 Å². The highest BCUT2D eigenvalue weighted by Gasteiger charge is 2.20. The number of piperazine rings is 1. The normalized spacial score (nSPS) is 14.5. The van der Waals surface area contributed by atoms with Crippen LogP contribution in [0.1, 0.15) is 5.56 Å². The van der Waals surface area contributed by atoms with Crippen molar-refractivity contribution >= 4 is 22.5 Å². The number of benzene rings is 1. The lowest BCUT2D eigenvalue weighted by molar-refractivity contribution is 0.397. The fourth-order valence-corrected chi connectivity index (χ4v) is 3.56. The first kappa shape index (κ1) is 17.4. The Balaban J connectivity index is 1.61. The van der Waals surface area contributed by atoms with E-state index < -0.39 is 0 Å². The zero-order valence-electron chi connectivity index (χ0n) is 16.0. The Morgan fingerprint density at radius 1 is 0.889 bits per heavy atom. The molecular weight excluding hydrogens is 340 g/mol. The standard InChI is InChI=1S/C21H24N4O2/c1-15-12-20(23-21-17(15)13-16(26-2)14-18(21)27-3)25-10-8-24(9-11-25)19-6-4-5-7-22-19/h4-7,12-14H,8-11H2,1-3H3. The van der Waals surface area contributed by atoms with Gasteiger partial charge in [0.1, 0.15) is 28.7 Å². The van der Waals surface area contributed by atoms with Crippen LogP contribution >= 0.6 is 0 Å². The van der Waals surface area contributed by atoms with Crippen LogP contribution in [0.15, 0.2) is 42.6 Å². The van der Waals surface area contributed by atoms with Crippen LogP contribution in [0.5, 0.6) is 11.5 Å². The Labute approximate surface area is 159 Å². The number of ether oxygens (including phenoxy) is 2. The monoisotopic (exact) mass is 364 g/mol. The van der Waals surface area contributed by atoms with Crippen molar-refractivity contribution in [3.63, 3.8) is 0 Å². The van der Waals surface area contributed by atoms with Gasteiger partial charge >= 0.3 is 0 Å². The summed E-state index contributed by atoms with van der Waals surface area (Å²) >= 11 is 0. The molecule has 27 heavy (non-hydrogen) atoms. The molecule has 0 radical (unpaired) electrons. The fraction of sp³-hybridized carbons (Fsp3) is 0.333. The highest BCUT2D eigenvalue weighted by molar-refractivity contribution is 5.90. The van der Waals surface area contributed by atoms with E-state index in [1.165, 1.54) is 5.56 Å². The van der Waals surface area contributed by atoms with E-state index >= 15 is 0 Å². The second-order valence-electron chi connectivity index (χ2n) is 6.69. The predicted molar refractivity (Wildman–Crippen MR) is 108 cm³/mol. The van der Waals surface area contributed by atoms with E-state index in [0.717, 1.165) is 60.2 Å². The molecule has 3 aromatic rings. The van der Waals surface area contributed by atoms with Gasteiger partial charge in [0.25, 0.3) is 0 Å². The smallest absolute Gasteiger partial charge is 0.148 e. The first-order valence-electron chi connectivity index (χ1n) is 9.14. The van der Waals surface area contributed by atoms with E-state index in [4.69, 9.17) is 14.5 Å². The highest BCUT2D eigenvalue weighted by atomic mass is 16.5. The van der Waals surface area contributed by atoms with Gasteiger partial charge in [-0.2, -0.15) is 0 Å². The molecule has 0 atom stereocenters. The number of pyridine rings is 2. The molecule has 4 rings (SSSR count). The van der Waals surface area contributed by atoms with Crippen LogP contribution < -0.4 is 19.3 Å². The summed E-state index contributed by atoms with van der Waals surface area (Å²) in [5, 5.41) is 1.06. The van der Waals surface area contributed by atoms with Gasteiger partial charge in [-0.05, 0) is 36.8 Å². The van der Waals surface area contributed by atoms with Gasteiger partial charge in [0.2, 0.25) is 0 Å². The largest absolute Gasteiger partial charge is 0.497 e. The van der Waals surface area contributed by atoms with Gasteiger partial charge in [-0.3, -0.25) is 0 Å². The first-order chi connectivity index (χ1) is 13.2. The summed E-state index contributed by atoms with van der Waals surface area (Å²) in [5.41, 5.74) is 2.04. The summed E-state index contributed by atoms with van der Waals surface area (Å²) in [6.07, 6.45) is 1.84. The molecule has 1 fully saturated rings. The van der Waals surface area contributed by atoms with Gasteiger partial charge < -0.3 is 19.3 Å². The lowest BCUT2D eigenvalue weighted by Gasteiger charge is -2.36. The van der Waals surface area contributed by atoms with Crippen molar-refractivity contribution < 1.29 is 9.47 Å². The number of hydrogen-bond donors (Lipinski definition) is 0. The van der Waals surface area contributed by atoms with E-state index in [2.05, 4.69) is 33.8 Å².